The van der Waals surface area contributed by atoms with Crippen LogP contribution in [0.25, 0.3) is 0 Å². The van der Waals surface area contributed by atoms with Gasteiger partial charge < -0.3 is 10.1 Å². The largest absolute Gasteiger partial charge is 0.494 e. The molecule has 15 heavy (non-hydrogen) atoms. The summed E-state index contributed by atoms with van der Waals surface area (Å²) in [6.07, 6.45) is 1.09. The number of anilines is 1. The van der Waals surface area contributed by atoms with Gasteiger partial charge in [-0.1, -0.05) is 6.92 Å². The summed E-state index contributed by atoms with van der Waals surface area (Å²) in [5.74, 6) is 0.0102. The summed E-state index contributed by atoms with van der Waals surface area (Å²) in [4.78, 5) is 1.07. The molecule has 0 fully saturated rings. The number of methoxy groups -OCH3 is 1. The zero-order chi connectivity index (χ0) is 10.8. The molecule has 0 saturated heterocycles. The first-order valence-corrected chi connectivity index (χ1v) is 5.86. The van der Waals surface area contributed by atoms with E-state index in [0.717, 1.165) is 23.5 Å². The molecule has 1 aliphatic heterocycles. The van der Waals surface area contributed by atoms with E-state index in [1.54, 1.807) is 17.8 Å². The molecule has 0 bridgehead atoms. The average molecular weight is 227 g/mol. The number of hydrogen-bond donors (Lipinski definition) is 1. The lowest BCUT2D eigenvalue weighted by atomic mass is 10.2. The zero-order valence-corrected chi connectivity index (χ0v) is 9.66. The van der Waals surface area contributed by atoms with E-state index in [4.69, 9.17) is 4.74 Å². The van der Waals surface area contributed by atoms with Crippen LogP contribution in [0.2, 0.25) is 0 Å². The number of ether oxygens (including phenoxy) is 1. The Morgan fingerprint density at radius 2 is 2.33 bits per heavy atom. The van der Waals surface area contributed by atoms with Crippen molar-refractivity contribution >= 4 is 17.4 Å². The lowest BCUT2D eigenvalue weighted by molar-refractivity contribution is 0.385. The Balaban J connectivity index is 2.40. The average Bonchev–Trinajstić information content (AvgIpc) is 2.37. The number of halogens is 1. The molecule has 0 saturated carbocycles. The summed E-state index contributed by atoms with van der Waals surface area (Å²) < 4.78 is 18.4. The van der Waals surface area contributed by atoms with Gasteiger partial charge in [-0.3, -0.25) is 0 Å². The van der Waals surface area contributed by atoms with Gasteiger partial charge in [0, 0.05) is 22.8 Å². The minimum absolute atomic E-state index is 0.307. The molecule has 1 aromatic carbocycles. The summed E-state index contributed by atoms with van der Waals surface area (Å²) in [7, 11) is 1.49. The summed E-state index contributed by atoms with van der Waals surface area (Å²) in [6, 6.07) is 3.28. The van der Waals surface area contributed by atoms with Gasteiger partial charge in [-0.15, -0.1) is 11.8 Å². The molecular weight excluding hydrogens is 213 g/mol. The highest BCUT2D eigenvalue weighted by molar-refractivity contribution is 8.00. The van der Waals surface area contributed by atoms with Crippen molar-refractivity contribution in [3.63, 3.8) is 0 Å². The van der Waals surface area contributed by atoms with Crippen LogP contribution in [0, 0.1) is 5.82 Å². The van der Waals surface area contributed by atoms with Gasteiger partial charge in [0.05, 0.1) is 12.8 Å². The minimum Gasteiger partial charge on any atom is -0.494 e. The fourth-order valence-electron chi connectivity index (χ4n) is 1.61. The highest BCUT2D eigenvalue weighted by Gasteiger charge is 2.16. The van der Waals surface area contributed by atoms with Crippen LogP contribution in [-0.2, 0) is 0 Å². The molecule has 0 aromatic heterocycles. The van der Waals surface area contributed by atoms with E-state index in [1.165, 1.54) is 13.2 Å². The van der Waals surface area contributed by atoms with Crippen molar-refractivity contribution in [1.82, 2.24) is 0 Å². The molecule has 4 heteroatoms. The van der Waals surface area contributed by atoms with Crippen LogP contribution in [0.4, 0.5) is 10.1 Å². The van der Waals surface area contributed by atoms with Gasteiger partial charge >= 0.3 is 0 Å². The second-order valence-corrected chi connectivity index (χ2v) is 5.11. The first-order valence-electron chi connectivity index (χ1n) is 4.99. The van der Waals surface area contributed by atoms with Crippen LogP contribution < -0.4 is 10.1 Å². The van der Waals surface area contributed by atoms with Crippen molar-refractivity contribution in [2.24, 2.45) is 0 Å². The van der Waals surface area contributed by atoms with Gasteiger partial charge in [-0.25, -0.2) is 4.39 Å². The van der Waals surface area contributed by atoms with Gasteiger partial charge in [0.1, 0.15) is 0 Å². The number of fused-ring (bicyclic) bond motifs is 1. The summed E-state index contributed by atoms with van der Waals surface area (Å²) >= 11 is 1.76. The van der Waals surface area contributed by atoms with Crippen molar-refractivity contribution in [3.05, 3.63) is 17.9 Å². The SMILES string of the molecule is COc1cc2c(cc1F)NCCC(C)S2. The molecule has 1 N–H and O–H groups in total. The first kappa shape index (κ1) is 10.6. The topological polar surface area (TPSA) is 21.3 Å². The Bertz CT molecular complexity index is 370. The summed E-state index contributed by atoms with van der Waals surface area (Å²) in [5, 5.41) is 3.78. The van der Waals surface area contributed by atoms with Crippen LogP contribution in [-0.4, -0.2) is 18.9 Å². The fraction of sp³-hybridized carbons (Fsp3) is 0.455. The van der Waals surface area contributed by atoms with E-state index < -0.39 is 0 Å². The van der Waals surface area contributed by atoms with E-state index in [9.17, 15) is 4.39 Å². The van der Waals surface area contributed by atoms with Crippen molar-refractivity contribution in [1.29, 1.82) is 0 Å². The van der Waals surface area contributed by atoms with Gasteiger partial charge in [0.2, 0.25) is 0 Å². The predicted molar refractivity (Wildman–Crippen MR) is 61.4 cm³/mol. The molecule has 1 heterocycles. The second-order valence-electron chi connectivity index (χ2n) is 3.63. The summed E-state index contributed by atoms with van der Waals surface area (Å²) in [6.45, 7) is 3.07. The molecule has 0 radical (unpaired) electrons. The molecule has 1 unspecified atom stereocenters. The van der Waals surface area contributed by atoms with E-state index in [1.807, 2.05) is 0 Å². The molecular formula is C11H14FNOS. The molecule has 2 nitrogen and oxygen atoms in total. The predicted octanol–water partition coefficient (Wildman–Crippen LogP) is 3.13. The number of rotatable bonds is 1. The van der Waals surface area contributed by atoms with Crippen LogP contribution in [0.15, 0.2) is 17.0 Å². The van der Waals surface area contributed by atoms with Crippen LogP contribution in [0.3, 0.4) is 0 Å². The minimum atomic E-state index is -0.307. The molecule has 0 spiro atoms. The first-order chi connectivity index (χ1) is 7.20. The third-order valence-electron chi connectivity index (χ3n) is 2.45. The molecule has 2 rings (SSSR count). The Kier molecular flexibility index (Phi) is 3.05. The highest BCUT2D eigenvalue weighted by Crippen LogP contribution is 2.38. The Morgan fingerprint density at radius 1 is 1.53 bits per heavy atom. The Labute approximate surface area is 93.2 Å². The van der Waals surface area contributed by atoms with E-state index in [-0.39, 0.29) is 5.82 Å². The van der Waals surface area contributed by atoms with Crippen molar-refractivity contribution in [2.45, 2.75) is 23.5 Å². The summed E-state index contributed by atoms with van der Waals surface area (Å²) in [5.41, 5.74) is 0.877. The smallest absolute Gasteiger partial charge is 0.167 e. The number of thioether (sulfide) groups is 1. The van der Waals surface area contributed by atoms with Crippen LogP contribution >= 0.6 is 11.8 Å². The lowest BCUT2D eigenvalue weighted by Gasteiger charge is -2.10. The maximum atomic E-state index is 13.4. The van der Waals surface area contributed by atoms with Gasteiger partial charge in [0.15, 0.2) is 11.6 Å². The van der Waals surface area contributed by atoms with E-state index in [0.29, 0.717) is 11.0 Å². The Morgan fingerprint density at radius 3 is 3.07 bits per heavy atom. The number of benzene rings is 1. The molecule has 0 aliphatic carbocycles. The maximum Gasteiger partial charge on any atom is 0.167 e. The molecule has 1 aromatic rings. The fourth-order valence-corrected chi connectivity index (χ4v) is 2.71. The van der Waals surface area contributed by atoms with E-state index >= 15 is 0 Å². The van der Waals surface area contributed by atoms with Crippen molar-refractivity contribution < 1.29 is 9.13 Å². The standard InChI is InChI=1S/C11H14FNOS/c1-7-3-4-13-9-5-8(12)10(14-2)6-11(9)15-7/h5-7,13H,3-4H2,1-2H3. The van der Waals surface area contributed by atoms with Gasteiger partial charge in [0.25, 0.3) is 0 Å². The van der Waals surface area contributed by atoms with Crippen molar-refractivity contribution in [3.8, 4) is 5.75 Å². The van der Waals surface area contributed by atoms with Gasteiger partial charge in [-0.05, 0) is 12.5 Å². The normalized spacial score (nSPS) is 20.1. The number of nitrogens with one attached hydrogen (secondary N) is 1. The molecule has 1 atom stereocenters. The lowest BCUT2D eigenvalue weighted by Crippen LogP contribution is -2.03. The third kappa shape index (κ3) is 2.20. The second kappa shape index (κ2) is 4.31. The quantitative estimate of drug-likeness (QED) is 0.796. The van der Waals surface area contributed by atoms with Crippen molar-refractivity contribution in [2.75, 3.05) is 19.0 Å². The molecule has 0 amide bonds. The van der Waals surface area contributed by atoms with Gasteiger partial charge in [-0.2, -0.15) is 0 Å². The third-order valence-corrected chi connectivity index (χ3v) is 3.68. The highest BCUT2D eigenvalue weighted by atomic mass is 32.2. The van der Waals surface area contributed by atoms with Crippen LogP contribution in [0.1, 0.15) is 13.3 Å². The monoisotopic (exact) mass is 227 g/mol. The molecule has 82 valence electrons. The zero-order valence-electron chi connectivity index (χ0n) is 8.84. The molecule has 1 aliphatic rings. The van der Waals surface area contributed by atoms with E-state index in [2.05, 4.69) is 12.2 Å². The maximum absolute atomic E-state index is 13.4. The van der Waals surface area contributed by atoms with Crippen LogP contribution in [0.5, 0.6) is 5.75 Å². The number of hydrogen-bond acceptors (Lipinski definition) is 3. The Hall–Kier alpha value is -0.900.